The van der Waals surface area contributed by atoms with Gasteiger partial charge in [-0.1, -0.05) is 42.8 Å². The van der Waals surface area contributed by atoms with Gasteiger partial charge in [0.1, 0.15) is 11.6 Å². The van der Waals surface area contributed by atoms with Crippen molar-refractivity contribution in [2.24, 2.45) is 0 Å². The summed E-state index contributed by atoms with van der Waals surface area (Å²) in [4.78, 5) is 16.1. The number of hydrogen-bond donors (Lipinski definition) is 1. The minimum absolute atomic E-state index is 0.103. The molecule has 0 unspecified atom stereocenters. The van der Waals surface area contributed by atoms with E-state index in [0.717, 1.165) is 68.8 Å². The molecule has 0 aliphatic heterocycles. The van der Waals surface area contributed by atoms with E-state index < -0.39 is 0 Å². The van der Waals surface area contributed by atoms with Gasteiger partial charge in [0.05, 0.1) is 17.6 Å². The lowest BCUT2D eigenvalue weighted by Crippen LogP contribution is -2.21. The highest BCUT2D eigenvalue weighted by molar-refractivity contribution is 5.86. The summed E-state index contributed by atoms with van der Waals surface area (Å²) in [5, 5.41) is 2.83. The van der Waals surface area contributed by atoms with E-state index >= 15 is 0 Å². The van der Waals surface area contributed by atoms with Crippen LogP contribution in [0.3, 0.4) is 0 Å². The Morgan fingerprint density at radius 1 is 1.09 bits per heavy atom. The number of imidazole rings is 1. The number of unbranched alkanes of at least 4 members (excludes halogenated alkanes) is 3. The zero-order chi connectivity index (χ0) is 22.8. The molecule has 0 saturated heterocycles. The number of hydrogen-bond acceptors (Lipinski definition) is 3. The van der Waals surface area contributed by atoms with Crippen LogP contribution in [0.5, 0.6) is 5.75 Å². The molecule has 1 heterocycles. The Hall–Kier alpha value is -3.08. The van der Waals surface area contributed by atoms with Crippen molar-refractivity contribution in [2.45, 2.75) is 58.9 Å². The smallest absolute Gasteiger partial charge is 0.243 e. The van der Waals surface area contributed by atoms with Gasteiger partial charge >= 0.3 is 0 Å². The van der Waals surface area contributed by atoms with Crippen molar-refractivity contribution in [3.05, 3.63) is 72.1 Å². The summed E-state index contributed by atoms with van der Waals surface area (Å²) in [5.74, 6) is 2.03. The Morgan fingerprint density at radius 2 is 1.94 bits per heavy atom. The molecule has 5 nitrogen and oxygen atoms in total. The second kappa shape index (κ2) is 12.1. The molecule has 3 rings (SSSR count). The maximum atomic E-state index is 11.2. The van der Waals surface area contributed by atoms with Crippen LogP contribution in [0.4, 0.5) is 0 Å². The number of fused-ring (bicyclic) bond motifs is 1. The molecule has 170 valence electrons. The average molecular weight is 434 g/mol. The average Bonchev–Trinajstić information content (AvgIpc) is 3.14. The lowest BCUT2D eigenvalue weighted by Gasteiger charge is -2.12. The molecule has 1 aromatic heterocycles. The third kappa shape index (κ3) is 6.71. The fraction of sp³-hybridized carbons (Fsp3) is 0.407. The molecule has 0 fully saturated rings. The van der Waals surface area contributed by atoms with Gasteiger partial charge in [-0.25, -0.2) is 4.98 Å². The standard InChI is InChI=1S/C27H35N3O2/c1-4-27(31)28-17-9-5-6-14-26-29-23-12-7-8-13-24(23)30(26)18-10-11-19-32-25-16-15-21(2)20-22(25)3/h4,7-8,12-13,15-16,20H,1,5-6,9-11,14,17-19H2,2-3H3,(H,28,31). The molecule has 2 aromatic carbocycles. The summed E-state index contributed by atoms with van der Waals surface area (Å²) in [5.41, 5.74) is 4.72. The van der Waals surface area contributed by atoms with Crippen molar-refractivity contribution in [3.63, 3.8) is 0 Å². The topological polar surface area (TPSA) is 56.2 Å². The number of rotatable bonds is 13. The number of carbonyl (C=O) groups excluding carboxylic acids is 1. The van der Waals surface area contributed by atoms with Crippen LogP contribution in [0.25, 0.3) is 11.0 Å². The van der Waals surface area contributed by atoms with E-state index in [-0.39, 0.29) is 5.91 Å². The molecular weight excluding hydrogens is 398 g/mol. The van der Waals surface area contributed by atoms with Gasteiger partial charge < -0.3 is 14.6 Å². The van der Waals surface area contributed by atoms with Crippen molar-refractivity contribution < 1.29 is 9.53 Å². The van der Waals surface area contributed by atoms with Gasteiger partial charge in [0.25, 0.3) is 0 Å². The molecule has 0 spiro atoms. The number of ether oxygens (including phenoxy) is 1. The predicted molar refractivity (Wildman–Crippen MR) is 131 cm³/mol. The van der Waals surface area contributed by atoms with Gasteiger partial charge in [-0.3, -0.25) is 4.79 Å². The van der Waals surface area contributed by atoms with Crippen molar-refractivity contribution >= 4 is 16.9 Å². The van der Waals surface area contributed by atoms with E-state index in [9.17, 15) is 4.79 Å². The lowest BCUT2D eigenvalue weighted by molar-refractivity contribution is -0.116. The zero-order valence-electron chi connectivity index (χ0n) is 19.4. The second-order valence-corrected chi connectivity index (χ2v) is 8.30. The first-order chi connectivity index (χ1) is 15.6. The number of carbonyl (C=O) groups is 1. The molecule has 0 saturated carbocycles. The molecule has 0 aliphatic carbocycles. The van der Waals surface area contributed by atoms with Gasteiger partial charge in [-0.05, 0) is 69.4 Å². The lowest BCUT2D eigenvalue weighted by atomic mass is 10.1. The van der Waals surface area contributed by atoms with Gasteiger partial charge in [-0.2, -0.15) is 0 Å². The zero-order valence-corrected chi connectivity index (χ0v) is 19.4. The Balaban J connectivity index is 1.49. The van der Waals surface area contributed by atoms with Crippen LogP contribution >= 0.6 is 0 Å². The van der Waals surface area contributed by atoms with Gasteiger partial charge in [-0.15, -0.1) is 0 Å². The van der Waals surface area contributed by atoms with Gasteiger partial charge in [0.2, 0.25) is 5.91 Å². The Morgan fingerprint density at radius 3 is 2.75 bits per heavy atom. The number of nitrogens with zero attached hydrogens (tertiary/aromatic N) is 2. The molecule has 5 heteroatoms. The summed E-state index contributed by atoms with van der Waals surface area (Å²) >= 11 is 0. The van der Waals surface area contributed by atoms with Gasteiger partial charge in [0, 0.05) is 19.5 Å². The number of aromatic nitrogens is 2. The molecular formula is C27H35N3O2. The first-order valence-corrected chi connectivity index (χ1v) is 11.6. The van der Waals surface area contributed by atoms with Gasteiger partial charge in [0.15, 0.2) is 0 Å². The van der Waals surface area contributed by atoms with Crippen molar-refractivity contribution in [1.29, 1.82) is 0 Å². The van der Waals surface area contributed by atoms with Crippen LogP contribution in [-0.2, 0) is 17.8 Å². The fourth-order valence-electron chi connectivity index (χ4n) is 3.95. The first kappa shape index (κ1) is 23.6. The highest BCUT2D eigenvalue weighted by Crippen LogP contribution is 2.20. The Bertz CT molecular complexity index is 1040. The maximum absolute atomic E-state index is 11.2. The number of nitrogens with one attached hydrogen (secondary N) is 1. The summed E-state index contributed by atoms with van der Waals surface area (Å²) in [6, 6.07) is 14.7. The molecule has 1 amide bonds. The van der Waals surface area contributed by atoms with E-state index in [1.807, 2.05) is 6.07 Å². The monoisotopic (exact) mass is 433 g/mol. The fourth-order valence-corrected chi connectivity index (χ4v) is 3.95. The van der Waals surface area contributed by atoms with E-state index in [1.54, 1.807) is 0 Å². The maximum Gasteiger partial charge on any atom is 0.243 e. The van der Waals surface area contributed by atoms with Crippen molar-refractivity contribution in [2.75, 3.05) is 13.2 Å². The van der Waals surface area contributed by atoms with Crippen molar-refractivity contribution in [3.8, 4) is 5.75 Å². The summed E-state index contributed by atoms with van der Waals surface area (Å²) in [6.07, 6.45) is 7.40. The molecule has 0 bridgehead atoms. The van der Waals surface area contributed by atoms with E-state index in [1.165, 1.54) is 22.7 Å². The SMILES string of the molecule is C=CC(=O)NCCCCCc1nc2ccccc2n1CCCCOc1ccc(C)cc1C. The van der Waals surface area contributed by atoms with Crippen LogP contribution in [-0.4, -0.2) is 28.6 Å². The Labute approximate surface area is 191 Å². The minimum Gasteiger partial charge on any atom is -0.493 e. The molecule has 0 atom stereocenters. The van der Waals surface area contributed by atoms with Crippen LogP contribution in [0.15, 0.2) is 55.1 Å². The first-order valence-electron chi connectivity index (χ1n) is 11.6. The second-order valence-electron chi connectivity index (χ2n) is 8.30. The third-order valence-corrected chi connectivity index (χ3v) is 5.66. The van der Waals surface area contributed by atoms with Crippen LogP contribution in [0, 0.1) is 13.8 Å². The predicted octanol–water partition coefficient (Wildman–Crippen LogP) is 5.53. The number of benzene rings is 2. The number of amides is 1. The number of aryl methyl sites for hydroxylation is 4. The van der Waals surface area contributed by atoms with E-state index in [4.69, 9.17) is 9.72 Å². The molecule has 3 aromatic rings. The quantitative estimate of drug-likeness (QED) is 0.285. The molecule has 1 N–H and O–H groups in total. The van der Waals surface area contributed by atoms with Crippen molar-refractivity contribution in [1.82, 2.24) is 14.9 Å². The Kier molecular flexibility index (Phi) is 8.90. The van der Waals surface area contributed by atoms with E-state index in [0.29, 0.717) is 6.54 Å². The third-order valence-electron chi connectivity index (χ3n) is 5.66. The molecule has 0 aliphatic rings. The molecule has 0 radical (unpaired) electrons. The normalized spacial score (nSPS) is 10.9. The minimum atomic E-state index is -0.103. The summed E-state index contributed by atoms with van der Waals surface area (Å²) in [7, 11) is 0. The largest absolute Gasteiger partial charge is 0.493 e. The highest BCUT2D eigenvalue weighted by atomic mass is 16.5. The van der Waals surface area contributed by atoms with E-state index in [2.05, 4.69) is 66.7 Å². The highest BCUT2D eigenvalue weighted by Gasteiger charge is 2.10. The van der Waals surface area contributed by atoms with Crippen LogP contribution in [0.2, 0.25) is 0 Å². The van der Waals surface area contributed by atoms with Crippen LogP contribution in [0.1, 0.15) is 49.1 Å². The summed E-state index contributed by atoms with van der Waals surface area (Å²) < 4.78 is 8.36. The van der Waals surface area contributed by atoms with Crippen LogP contribution < -0.4 is 10.1 Å². The number of para-hydroxylation sites is 2. The summed E-state index contributed by atoms with van der Waals surface area (Å²) in [6.45, 7) is 10.0. The molecule has 32 heavy (non-hydrogen) atoms.